The molecule has 0 saturated heterocycles. The van der Waals surface area contributed by atoms with Crippen LogP contribution in [0.2, 0.25) is 0 Å². The fraction of sp³-hybridized carbons (Fsp3) is 0.133. The number of anilines is 1. The highest BCUT2D eigenvalue weighted by Crippen LogP contribution is 2.15. The van der Waals surface area contributed by atoms with Crippen molar-refractivity contribution in [1.82, 2.24) is 9.97 Å². The average Bonchev–Trinajstić information content (AvgIpc) is 2.77. The van der Waals surface area contributed by atoms with Gasteiger partial charge >= 0.3 is 5.69 Å². The number of aromatic amines is 2. The lowest BCUT2D eigenvalue weighted by atomic mass is 10.1. The Bertz CT molecular complexity index is 753. The molecule has 0 spiro atoms. The molecule has 0 fully saturated rings. The number of nitrogens with one attached hydrogen (secondary N) is 3. The molecule has 1 aromatic heterocycles. The van der Waals surface area contributed by atoms with Gasteiger partial charge in [-0.3, -0.25) is 0 Å². The van der Waals surface area contributed by atoms with Crippen molar-refractivity contribution in [3.05, 3.63) is 64.1 Å². The first kappa shape index (κ1) is 11.6. The van der Waals surface area contributed by atoms with Crippen molar-refractivity contribution in [1.29, 1.82) is 0 Å². The third-order valence-corrected chi connectivity index (χ3v) is 3.13. The summed E-state index contributed by atoms with van der Waals surface area (Å²) in [5.41, 5.74) is 4.95. The average molecular weight is 253 g/mol. The lowest BCUT2D eigenvalue weighted by molar-refractivity contribution is 1.15. The summed E-state index contributed by atoms with van der Waals surface area (Å²) in [5.74, 6) is 0. The maximum absolute atomic E-state index is 11.2. The molecule has 0 aliphatic carbocycles. The highest BCUT2D eigenvalue weighted by Gasteiger charge is 1.99. The second kappa shape index (κ2) is 4.65. The molecule has 19 heavy (non-hydrogen) atoms. The van der Waals surface area contributed by atoms with Crippen LogP contribution in [0.5, 0.6) is 0 Å². The summed E-state index contributed by atoms with van der Waals surface area (Å²) in [6.45, 7) is 2.84. The topological polar surface area (TPSA) is 60.7 Å². The predicted octanol–water partition coefficient (Wildman–Crippen LogP) is 2.78. The van der Waals surface area contributed by atoms with E-state index in [1.165, 1.54) is 11.1 Å². The molecule has 0 unspecified atom stereocenters. The number of H-pyrrole nitrogens is 2. The third-order valence-electron chi connectivity index (χ3n) is 3.13. The quantitative estimate of drug-likeness (QED) is 0.672. The zero-order valence-corrected chi connectivity index (χ0v) is 10.7. The van der Waals surface area contributed by atoms with E-state index in [-0.39, 0.29) is 5.69 Å². The molecule has 0 atom stereocenters. The van der Waals surface area contributed by atoms with E-state index in [4.69, 9.17) is 0 Å². The minimum atomic E-state index is -0.175. The first-order chi connectivity index (χ1) is 9.20. The summed E-state index contributed by atoms with van der Waals surface area (Å²) < 4.78 is 0. The lowest BCUT2D eigenvalue weighted by Crippen LogP contribution is -1.99. The van der Waals surface area contributed by atoms with E-state index in [0.717, 1.165) is 23.3 Å². The molecule has 3 aromatic rings. The van der Waals surface area contributed by atoms with Gasteiger partial charge in [0.05, 0.1) is 11.0 Å². The van der Waals surface area contributed by atoms with Crippen molar-refractivity contribution >= 4 is 16.7 Å². The lowest BCUT2D eigenvalue weighted by Gasteiger charge is -2.06. The van der Waals surface area contributed by atoms with Crippen LogP contribution in [0, 0.1) is 6.92 Å². The number of aryl methyl sites for hydroxylation is 1. The van der Waals surface area contributed by atoms with E-state index in [9.17, 15) is 4.79 Å². The number of benzene rings is 2. The Balaban J connectivity index is 1.77. The Labute approximate surface area is 110 Å². The molecular formula is C15H15N3O. The van der Waals surface area contributed by atoms with Crippen molar-refractivity contribution < 1.29 is 0 Å². The number of hydrogen-bond donors (Lipinski definition) is 3. The van der Waals surface area contributed by atoms with Crippen LogP contribution in [0.25, 0.3) is 11.0 Å². The Kier molecular flexibility index (Phi) is 2.83. The molecule has 96 valence electrons. The van der Waals surface area contributed by atoms with E-state index < -0.39 is 0 Å². The standard InChI is InChI=1S/C15H15N3O/c1-10-2-4-11(5-3-10)9-16-12-6-7-13-14(8-12)18-15(19)17-13/h2-8,16H,9H2,1H3,(H2,17,18,19). The molecule has 4 nitrogen and oxygen atoms in total. The van der Waals surface area contributed by atoms with Crippen LogP contribution in [0.4, 0.5) is 5.69 Å². The molecule has 0 saturated carbocycles. The normalized spacial score (nSPS) is 10.8. The Hall–Kier alpha value is -2.49. The van der Waals surface area contributed by atoms with Crippen LogP contribution in [0.1, 0.15) is 11.1 Å². The maximum Gasteiger partial charge on any atom is 0.323 e. The Morgan fingerprint density at radius 3 is 2.53 bits per heavy atom. The molecular weight excluding hydrogens is 238 g/mol. The largest absolute Gasteiger partial charge is 0.381 e. The van der Waals surface area contributed by atoms with Gasteiger partial charge in [-0.2, -0.15) is 0 Å². The van der Waals surface area contributed by atoms with E-state index in [2.05, 4.69) is 46.5 Å². The van der Waals surface area contributed by atoms with Gasteiger partial charge in [-0.1, -0.05) is 29.8 Å². The summed E-state index contributed by atoms with van der Waals surface area (Å²) in [7, 11) is 0. The highest BCUT2D eigenvalue weighted by molar-refractivity contribution is 5.78. The second-order valence-corrected chi connectivity index (χ2v) is 4.68. The molecule has 0 aliphatic heterocycles. The summed E-state index contributed by atoms with van der Waals surface area (Å²) in [5, 5.41) is 3.35. The van der Waals surface area contributed by atoms with Gasteiger partial charge in [-0.25, -0.2) is 4.79 Å². The van der Waals surface area contributed by atoms with Crippen molar-refractivity contribution in [2.45, 2.75) is 13.5 Å². The number of rotatable bonds is 3. The first-order valence-electron chi connectivity index (χ1n) is 6.22. The smallest absolute Gasteiger partial charge is 0.323 e. The Morgan fingerprint density at radius 1 is 1.00 bits per heavy atom. The summed E-state index contributed by atoms with van der Waals surface area (Å²) >= 11 is 0. The summed E-state index contributed by atoms with van der Waals surface area (Å²) in [4.78, 5) is 16.7. The molecule has 1 heterocycles. The van der Waals surface area contributed by atoms with Gasteiger partial charge in [0, 0.05) is 12.2 Å². The van der Waals surface area contributed by atoms with Crippen molar-refractivity contribution in [2.75, 3.05) is 5.32 Å². The molecule has 3 rings (SSSR count). The molecule has 0 bridgehead atoms. The minimum absolute atomic E-state index is 0.175. The molecule has 2 aromatic carbocycles. The van der Waals surface area contributed by atoms with Gasteiger partial charge in [0.1, 0.15) is 0 Å². The van der Waals surface area contributed by atoms with Crippen molar-refractivity contribution in [3.63, 3.8) is 0 Å². The van der Waals surface area contributed by atoms with E-state index in [1.54, 1.807) is 0 Å². The van der Waals surface area contributed by atoms with Gasteiger partial charge in [0.2, 0.25) is 0 Å². The van der Waals surface area contributed by atoms with Crippen LogP contribution in [0.15, 0.2) is 47.3 Å². The van der Waals surface area contributed by atoms with Crippen LogP contribution in [-0.4, -0.2) is 9.97 Å². The number of imidazole rings is 1. The molecule has 3 N–H and O–H groups in total. The van der Waals surface area contributed by atoms with Gasteiger partial charge in [-0.05, 0) is 30.7 Å². The number of aromatic nitrogens is 2. The molecule has 0 amide bonds. The third kappa shape index (κ3) is 2.52. The summed E-state index contributed by atoms with van der Waals surface area (Å²) in [6.07, 6.45) is 0. The van der Waals surface area contributed by atoms with Crippen LogP contribution in [0.3, 0.4) is 0 Å². The van der Waals surface area contributed by atoms with Crippen molar-refractivity contribution in [3.8, 4) is 0 Å². The predicted molar refractivity (Wildman–Crippen MR) is 77.4 cm³/mol. The number of fused-ring (bicyclic) bond motifs is 1. The SMILES string of the molecule is Cc1ccc(CNc2ccc3[nH]c(=O)[nH]c3c2)cc1. The van der Waals surface area contributed by atoms with E-state index >= 15 is 0 Å². The molecule has 4 heteroatoms. The summed E-state index contributed by atoms with van der Waals surface area (Å²) in [6, 6.07) is 14.2. The fourth-order valence-electron chi connectivity index (χ4n) is 2.05. The fourth-order valence-corrected chi connectivity index (χ4v) is 2.05. The molecule has 0 aliphatic rings. The zero-order valence-electron chi connectivity index (χ0n) is 10.7. The zero-order chi connectivity index (χ0) is 13.2. The van der Waals surface area contributed by atoms with E-state index in [0.29, 0.717) is 0 Å². The highest BCUT2D eigenvalue weighted by atomic mass is 16.1. The molecule has 0 radical (unpaired) electrons. The monoisotopic (exact) mass is 253 g/mol. The van der Waals surface area contributed by atoms with Crippen LogP contribution < -0.4 is 11.0 Å². The van der Waals surface area contributed by atoms with Crippen molar-refractivity contribution in [2.24, 2.45) is 0 Å². The maximum atomic E-state index is 11.2. The minimum Gasteiger partial charge on any atom is -0.381 e. The number of hydrogen-bond acceptors (Lipinski definition) is 2. The second-order valence-electron chi connectivity index (χ2n) is 4.68. The van der Waals surface area contributed by atoms with Gasteiger partial charge in [0.15, 0.2) is 0 Å². The van der Waals surface area contributed by atoms with Gasteiger partial charge in [-0.15, -0.1) is 0 Å². The first-order valence-corrected chi connectivity index (χ1v) is 6.22. The van der Waals surface area contributed by atoms with Gasteiger partial charge in [0.25, 0.3) is 0 Å². The van der Waals surface area contributed by atoms with Crippen LogP contribution >= 0.6 is 0 Å². The Morgan fingerprint density at radius 2 is 1.74 bits per heavy atom. The van der Waals surface area contributed by atoms with Crippen LogP contribution in [-0.2, 0) is 6.54 Å². The van der Waals surface area contributed by atoms with Gasteiger partial charge < -0.3 is 15.3 Å². The van der Waals surface area contributed by atoms with E-state index in [1.807, 2.05) is 18.2 Å².